The molecule has 0 amide bonds. The highest BCUT2D eigenvalue weighted by atomic mass is 19.1. The molecule has 0 bridgehead atoms. The Balaban J connectivity index is 0.000000574. The molecule has 2 aliphatic rings. The zero-order valence-corrected chi connectivity index (χ0v) is 10.2. The zero-order valence-electron chi connectivity index (χ0n) is 10.2. The Labute approximate surface area is 103 Å². The van der Waals surface area contributed by atoms with Crippen molar-refractivity contribution in [3.8, 4) is 6.01 Å². The van der Waals surface area contributed by atoms with E-state index < -0.39 is 17.6 Å². The number of hydrogen-bond donors (Lipinski definition) is 1. The molecule has 1 aromatic heterocycles. The van der Waals surface area contributed by atoms with Gasteiger partial charge in [-0.3, -0.25) is 9.36 Å². The molecule has 2 aliphatic heterocycles. The summed E-state index contributed by atoms with van der Waals surface area (Å²) in [5.74, 6) is -0.941. The highest BCUT2D eigenvalue weighted by Crippen LogP contribution is 2.38. The van der Waals surface area contributed by atoms with Crippen LogP contribution in [0, 0.1) is 5.82 Å². The van der Waals surface area contributed by atoms with Crippen LogP contribution in [0.4, 0.5) is 4.39 Å². The molecule has 0 aromatic carbocycles. The van der Waals surface area contributed by atoms with Crippen molar-refractivity contribution in [2.45, 2.75) is 38.7 Å². The van der Waals surface area contributed by atoms with Crippen molar-refractivity contribution in [3.05, 3.63) is 22.4 Å². The molecule has 3 atom stereocenters. The van der Waals surface area contributed by atoms with Gasteiger partial charge >= 0.3 is 11.6 Å². The van der Waals surface area contributed by atoms with Crippen LogP contribution in [0.5, 0.6) is 6.01 Å². The predicted molar refractivity (Wildman–Crippen MR) is 59.8 cm³/mol. The minimum atomic E-state index is -0.941. The lowest BCUT2D eigenvalue weighted by molar-refractivity contribution is -0.0259. The molecule has 0 aliphatic carbocycles. The maximum absolute atomic E-state index is 13.1. The summed E-state index contributed by atoms with van der Waals surface area (Å²) in [6.45, 7) is 3.89. The Bertz CT molecular complexity index is 490. The first kappa shape index (κ1) is 13.0. The van der Waals surface area contributed by atoms with Crippen LogP contribution in [0.2, 0.25) is 0 Å². The number of hydrogen-bond acceptors (Lipinski definition) is 5. The molecular formula is C11H15FN2O4. The van der Waals surface area contributed by atoms with E-state index in [2.05, 4.69) is 4.98 Å². The summed E-state index contributed by atoms with van der Waals surface area (Å²) in [5, 5.41) is 8.94. The van der Waals surface area contributed by atoms with Crippen molar-refractivity contribution in [1.29, 1.82) is 0 Å². The van der Waals surface area contributed by atoms with E-state index in [9.17, 15) is 9.18 Å². The maximum Gasteiger partial charge on any atom is 0.311 e. The van der Waals surface area contributed by atoms with Gasteiger partial charge in [0.15, 0.2) is 6.23 Å². The summed E-state index contributed by atoms with van der Waals surface area (Å²) < 4.78 is 25.2. The molecule has 1 aromatic rings. The first-order valence-corrected chi connectivity index (χ1v) is 5.90. The molecule has 18 heavy (non-hydrogen) atoms. The van der Waals surface area contributed by atoms with Gasteiger partial charge in [-0.25, -0.2) is 0 Å². The van der Waals surface area contributed by atoms with Crippen molar-refractivity contribution in [2.24, 2.45) is 0 Å². The molecule has 6 nitrogen and oxygen atoms in total. The fraction of sp³-hybridized carbons (Fsp3) is 0.636. The third-order valence-corrected chi connectivity index (χ3v) is 2.75. The highest BCUT2D eigenvalue weighted by Gasteiger charge is 2.44. The summed E-state index contributed by atoms with van der Waals surface area (Å²) in [4.78, 5) is 14.4. The second-order valence-electron chi connectivity index (χ2n) is 3.81. The van der Waals surface area contributed by atoms with Crippen LogP contribution >= 0.6 is 0 Å². The summed E-state index contributed by atoms with van der Waals surface area (Å²) in [6.07, 6.45) is 0.390. The molecule has 3 unspecified atom stereocenters. The van der Waals surface area contributed by atoms with Crippen molar-refractivity contribution in [2.75, 3.05) is 6.61 Å². The van der Waals surface area contributed by atoms with Gasteiger partial charge in [0.1, 0.15) is 6.10 Å². The second-order valence-corrected chi connectivity index (χ2v) is 3.81. The van der Waals surface area contributed by atoms with Crippen LogP contribution < -0.4 is 10.3 Å². The van der Waals surface area contributed by atoms with E-state index >= 15 is 0 Å². The molecule has 0 saturated carbocycles. The maximum atomic E-state index is 13.1. The molecule has 7 heteroatoms. The topological polar surface area (TPSA) is 73.6 Å². The van der Waals surface area contributed by atoms with Gasteiger partial charge in [-0.15, -0.1) is 0 Å². The number of aromatic nitrogens is 2. The number of aliphatic hydroxyl groups is 1. The Morgan fingerprint density at radius 1 is 1.61 bits per heavy atom. The molecule has 0 radical (unpaired) electrons. The summed E-state index contributed by atoms with van der Waals surface area (Å²) >= 11 is 0. The second kappa shape index (κ2) is 5.03. The molecule has 0 spiro atoms. The number of nitrogens with zero attached hydrogens (tertiary/aromatic N) is 2. The van der Waals surface area contributed by atoms with Gasteiger partial charge in [-0.1, -0.05) is 13.8 Å². The van der Waals surface area contributed by atoms with Crippen LogP contribution in [0.1, 0.15) is 26.5 Å². The van der Waals surface area contributed by atoms with E-state index in [4.69, 9.17) is 14.6 Å². The summed E-state index contributed by atoms with van der Waals surface area (Å²) in [7, 11) is 0. The third kappa shape index (κ3) is 1.99. The van der Waals surface area contributed by atoms with E-state index in [1.807, 2.05) is 13.8 Å². The van der Waals surface area contributed by atoms with Crippen molar-refractivity contribution < 1.29 is 19.0 Å². The van der Waals surface area contributed by atoms with E-state index in [0.717, 1.165) is 6.20 Å². The lowest BCUT2D eigenvalue weighted by Gasteiger charge is -2.11. The molecule has 1 saturated heterocycles. The molecule has 100 valence electrons. The van der Waals surface area contributed by atoms with Gasteiger partial charge in [0.2, 0.25) is 5.82 Å². The quantitative estimate of drug-likeness (QED) is 0.791. The van der Waals surface area contributed by atoms with E-state index in [1.165, 1.54) is 4.57 Å². The molecule has 1 N–H and O–H groups in total. The minimum Gasteiger partial charge on any atom is -0.456 e. The summed E-state index contributed by atoms with van der Waals surface area (Å²) in [5.41, 5.74) is -0.940. The minimum absolute atomic E-state index is 0.0674. The van der Waals surface area contributed by atoms with E-state index in [-0.39, 0.29) is 24.8 Å². The largest absolute Gasteiger partial charge is 0.456 e. The lowest BCUT2D eigenvalue weighted by Crippen LogP contribution is -2.18. The van der Waals surface area contributed by atoms with Crippen molar-refractivity contribution in [1.82, 2.24) is 9.55 Å². The van der Waals surface area contributed by atoms with E-state index in [1.54, 1.807) is 0 Å². The van der Waals surface area contributed by atoms with Crippen LogP contribution in [0.3, 0.4) is 0 Å². The number of ether oxygens (including phenoxy) is 2. The average molecular weight is 258 g/mol. The first-order chi connectivity index (χ1) is 8.69. The van der Waals surface area contributed by atoms with Gasteiger partial charge in [-0.05, 0) is 0 Å². The first-order valence-electron chi connectivity index (χ1n) is 5.90. The highest BCUT2D eigenvalue weighted by molar-refractivity contribution is 5.09. The Morgan fingerprint density at radius 2 is 2.33 bits per heavy atom. The van der Waals surface area contributed by atoms with Crippen molar-refractivity contribution in [3.63, 3.8) is 0 Å². The SMILES string of the molecule is CC.O=c1nc2n(cc1F)C1OC(CO)CC1O2. The number of fused-ring (bicyclic) bond motifs is 3. The third-order valence-electron chi connectivity index (χ3n) is 2.75. The molecule has 1 fully saturated rings. The predicted octanol–water partition coefficient (Wildman–Crippen LogP) is 0.449. The summed E-state index contributed by atoms with van der Waals surface area (Å²) in [6, 6.07) is 0.0674. The van der Waals surface area contributed by atoms with Gasteiger partial charge in [-0.2, -0.15) is 9.37 Å². The number of rotatable bonds is 1. The van der Waals surface area contributed by atoms with Crippen molar-refractivity contribution >= 4 is 0 Å². The fourth-order valence-corrected chi connectivity index (χ4v) is 2.02. The Morgan fingerprint density at radius 3 is 3.00 bits per heavy atom. The van der Waals surface area contributed by atoms with Crippen LogP contribution in [-0.4, -0.2) is 33.5 Å². The fourth-order valence-electron chi connectivity index (χ4n) is 2.02. The Kier molecular flexibility index (Phi) is 3.63. The monoisotopic (exact) mass is 258 g/mol. The van der Waals surface area contributed by atoms with Crippen LogP contribution in [-0.2, 0) is 4.74 Å². The van der Waals surface area contributed by atoms with Crippen LogP contribution in [0.15, 0.2) is 11.0 Å². The normalized spacial score (nSPS) is 27.9. The smallest absolute Gasteiger partial charge is 0.311 e. The van der Waals surface area contributed by atoms with E-state index in [0.29, 0.717) is 6.42 Å². The van der Waals surface area contributed by atoms with Gasteiger partial charge in [0.25, 0.3) is 0 Å². The Hall–Kier alpha value is -1.47. The van der Waals surface area contributed by atoms with Crippen LogP contribution in [0.25, 0.3) is 0 Å². The van der Waals surface area contributed by atoms with Gasteiger partial charge in [0, 0.05) is 6.42 Å². The zero-order chi connectivity index (χ0) is 13.3. The van der Waals surface area contributed by atoms with Gasteiger partial charge in [0.05, 0.1) is 18.9 Å². The average Bonchev–Trinajstić information content (AvgIpc) is 2.91. The van der Waals surface area contributed by atoms with Gasteiger partial charge < -0.3 is 14.6 Å². The lowest BCUT2D eigenvalue weighted by atomic mass is 10.2. The number of halogens is 1. The molecule has 3 rings (SSSR count). The molecular weight excluding hydrogens is 243 g/mol. The number of aliphatic hydroxyl groups excluding tert-OH is 1. The molecule has 3 heterocycles. The standard InChI is InChI=1S/C9H9FN2O4.C2H6/c10-5-2-12-8-6(1-4(3-13)15-8)16-9(12)11-7(5)14;1-2/h2,4,6,8,13H,1,3H2;1-2H3.